The molecule has 0 aliphatic rings. The summed E-state index contributed by atoms with van der Waals surface area (Å²) in [7, 11) is 0. The van der Waals surface area contributed by atoms with Crippen LogP contribution in [-0.4, -0.2) is 24.7 Å². The van der Waals surface area contributed by atoms with E-state index in [2.05, 4.69) is 48.1 Å². The first-order valence-corrected chi connectivity index (χ1v) is 10.2. The molecule has 0 aromatic carbocycles. The second-order valence-electron chi connectivity index (χ2n) is 9.12. The predicted molar refractivity (Wildman–Crippen MR) is 117 cm³/mol. The van der Waals surface area contributed by atoms with E-state index in [1.807, 2.05) is 44.2 Å². The van der Waals surface area contributed by atoms with Crippen molar-refractivity contribution >= 4 is 0 Å². The van der Waals surface area contributed by atoms with E-state index in [1.165, 1.54) is 0 Å². The van der Waals surface area contributed by atoms with Crippen LogP contribution in [0.25, 0.3) is 17.1 Å². The summed E-state index contributed by atoms with van der Waals surface area (Å²) in [5.74, 6) is -1.23. The normalized spacial score (nSPS) is 11.8. The summed E-state index contributed by atoms with van der Waals surface area (Å²) in [4.78, 5) is 12.7. The van der Waals surface area contributed by atoms with Gasteiger partial charge in [-0.15, -0.1) is 12.1 Å². The van der Waals surface area contributed by atoms with Crippen LogP contribution in [0.4, 0.5) is 8.78 Å². The smallest absolute Gasteiger partial charge is 0.343 e. The second kappa shape index (κ2) is 9.22. The largest absolute Gasteiger partial charge is 2.00 e. The number of rotatable bonds is 4. The summed E-state index contributed by atoms with van der Waals surface area (Å²) in [5.41, 5.74) is 2.02. The molecule has 0 amide bonds. The van der Waals surface area contributed by atoms with Gasteiger partial charge in [0.2, 0.25) is 0 Å². The van der Waals surface area contributed by atoms with Crippen molar-refractivity contribution in [1.82, 2.24) is 24.7 Å². The van der Waals surface area contributed by atoms with Crippen LogP contribution in [0.5, 0.6) is 0 Å². The van der Waals surface area contributed by atoms with Crippen LogP contribution in [0.2, 0.25) is 0 Å². The van der Waals surface area contributed by atoms with Gasteiger partial charge in [-0.1, -0.05) is 62.9 Å². The fourth-order valence-electron chi connectivity index (χ4n) is 3.27. The number of aromatic nitrogens is 5. The minimum Gasteiger partial charge on any atom is -0.343 e. The summed E-state index contributed by atoms with van der Waals surface area (Å²) < 4.78 is 29.0. The van der Waals surface area contributed by atoms with Crippen molar-refractivity contribution in [3.8, 4) is 17.1 Å². The van der Waals surface area contributed by atoms with Crippen LogP contribution in [0, 0.1) is 24.2 Å². The van der Waals surface area contributed by atoms with Gasteiger partial charge in [-0.2, -0.15) is 0 Å². The van der Waals surface area contributed by atoms with Gasteiger partial charge in [-0.3, -0.25) is 15.1 Å². The molecule has 0 aliphatic heterocycles. The van der Waals surface area contributed by atoms with E-state index < -0.39 is 17.3 Å². The molecule has 4 heterocycles. The van der Waals surface area contributed by atoms with Gasteiger partial charge >= 0.3 is 21.1 Å². The van der Waals surface area contributed by atoms with Crippen molar-refractivity contribution in [2.24, 2.45) is 0 Å². The number of hydrogen-bond donors (Lipinski definition) is 0. The Morgan fingerprint density at radius 1 is 0.818 bits per heavy atom. The van der Waals surface area contributed by atoms with Crippen LogP contribution in [-0.2, 0) is 31.9 Å². The Morgan fingerprint density at radius 2 is 1.48 bits per heavy atom. The molecule has 0 N–H and O–H groups in total. The molecule has 4 aromatic rings. The van der Waals surface area contributed by atoms with E-state index in [1.54, 1.807) is 16.8 Å². The molecule has 0 fully saturated rings. The van der Waals surface area contributed by atoms with Gasteiger partial charge in [0, 0.05) is 16.8 Å². The molecule has 0 aliphatic carbocycles. The second-order valence-corrected chi connectivity index (χ2v) is 9.12. The first-order valence-electron chi connectivity index (χ1n) is 10.2. The first-order chi connectivity index (χ1) is 15.1. The van der Waals surface area contributed by atoms with Crippen molar-refractivity contribution in [2.45, 2.75) is 45.4 Å². The Labute approximate surface area is 206 Å². The Balaban J connectivity index is 0.00000306. The van der Waals surface area contributed by atoms with E-state index in [4.69, 9.17) is 4.98 Å². The number of halogens is 2. The fraction of sp³-hybridized carbons (Fsp3) is 0.280. The zero-order chi connectivity index (χ0) is 23.1. The third-order valence-electron chi connectivity index (χ3n) is 5.28. The van der Waals surface area contributed by atoms with Crippen LogP contribution >= 0.6 is 0 Å². The third kappa shape index (κ3) is 5.09. The molecule has 33 heavy (non-hydrogen) atoms. The molecule has 0 saturated heterocycles. The maximum absolute atomic E-state index is 14.2. The van der Waals surface area contributed by atoms with Crippen LogP contribution in [0.3, 0.4) is 0 Å². The molecular weight excluding hydrogens is 603 g/mol. The van der Waals surface area contributed by atoms with E-state index in [-0.39, 0.29) is 32.0 Å². The fourth-order valence-corrected chi connectivity index (χ4v) is 3.27. The Kier molecular flexibility index (Phi) is 6.94. The zero-order valence-electron chi connectivity index (χ0n) is 18.9. The topological polar surface area (TPSA) is 56.5 Å². The average molecular weight is 627 g/mol. The molecule has 8 heteroatoms. The van der Waals surface area contributed by atoms with Gasteiger partial charge in [-0.25, -0.2) is 8.78 Å². The standard InChI is InChI=1S/C25H23F2N5.Pt/c1-24(2,3)18-14-15-32(31-18)22-11-7-10-20(29-22)25(4,5)19-9-6-8-17(28-19)16-12-13-21(26)30-23(16)27;/h6-11,13-14H,1-5H3;/q-2;+2. The Bertz CT molecular complexity index is 1280. The molecule has 0 spiro atoms. The zero-order valence-corrected chi connectivity index (χ0v) is 21.2. The molecule has 5 nitrogen and oxygen atoms in total. The summed E-state index contributed by atoms with van der Waals surface area (Å²) in [6.07, 6.45) is 3.13. The van der Waals surface area contributed by atoms with Gasteiger partial charge in [0.25, 0.3) is 0 Å². The quantitative estimate of drug-likeness (QED) is 0.230. The van der Waals surface area contributed by atoms with Crippen molar-refractivity contribution in [3.63, 3.8) is 0 Å². The van der Waals surface area contributed by atoms with Crippen molar-refractivity contribution in [1.29, 1.82) is 0 Å². The molecule has 0 saturated carbocycles. The SMILES string of the molecule is CC(C)(C)c1c[c-]n(-c2cccc(C(C)(C)c3cccc(-c4[c-]cc(F)nc4F)n3)n2)n1.[Pt+2]. The molecule has 172 valence electrons. The van der Waals surface area contributed by atoms with E-state index in [0.29, 0.717) is 17.2 Å². The molecule has 0 atom stereocenters. The van der Waals surface area contributed by atoms with E-state index in [9.17, 15) is 8.78 Å². The third-order valence-corrected chi connectivity index (χ3v) is 5.28. The van der Waals surface area contributed by atoms with Crippen LogP contribution in [0.1, 0.15) is 51.7 Å². The summed E-state index contributed by atoms with van der Waals surface area (Å²) in [6.45, 7) is 10.3. The van der Waals surface area contributed by atoms with E-state index >= 15 is 0 Å². The number of nitrogens with zero attached hydrogens (tertiary/aromatic N) is 5. The van der Waals surface area contributed by atoms with Crippen molar-refractivity contribution < 1.29 is 29.8 Å². The summed E-state index contributed by atoms with van der Waals surface area (Å²) >= 11 is 0. The predicted octanol–water partition coefficient (Wildman–Crippen LogP) is 5.22. The van der Waals surface area contributed by atoms with Crippen molar-refractivity contribution in [2.75, 3.05) is 0 Å². The first kappa shape index (κ1) is 24.8. The van der Waals surface area contributed by atoms with Gasteiger partial charge in [0.1, 0.15) is 11.9 Å². The van der Waals surface area contributed by atoms with Crippen molar-refractivity contribution in [3.05, 3.63) is 89.8 Å². The summed E-state index contributed by atoms with van der Waals surface area (Å²) in [5, 5.41) is 4.62. The van der Waals surface area contributed by atoms with Gasteiger partial charge in [-0.05, 0) is 42.8 Å². The molecule has 4 rings (SSSR count). The molecule has 0 unspecified atom stereocenters. The van der Waals surface area contributed by atoms with Crippen LogP contribution < -0.4 is 0 Å². The molecule has 0 bridgehead atoms. The van der Waals surface area contributed by atoms with Gasteiger partial charge in [0.05, 0.1) is 5.82 Å². The van der Waals surface area contributed by atoms with Gasteiger partial charge < -0.3 is 9.67 Å². The van der Waals surface area contributed by atoms with Crippen LogP contribution in [0.15, 0.2) is 48.5 Å². The molecule has 0 radical (unpaired) electrons. The number of hydrogen-bond acceptors (Lipinski definition) is 4. The Hall–Kier alpha value is -2.79. The van der Waals surface area contributed by atoms with Gasteiger partial charge in [0.15, 0.2) is 0 Å². The average Bonchev–Trinajstić information content (AvgIpc) is 3.25. The molecule has 4 aromatic heterocycles. The minimum atomic E-state index is -0.948. The Morgan fingerprint density at radius 3 is 2.12 bits per heavy atom. The minimum absolute atomic E-state index is 0. The van der Waals surface area contributed by atoms with E-state index in [0.717, 1.165) is 17.5 Å². The monoisotopic (exact) mass is 626 g/mol. The molecular formula is C25H23F2N5Pt. The maximum Gasteiger partial charge on any atom is 2.00 e. The summed E-state index contributed by atoms with van der Waals surface area (Å²) in [6, 6.07) is 16.4. The maximum atomic E-state index is 14.2. The number of pyridine rings is 3.